The van der Waals surface area contributed by atoms with Crippen molar-refractivity contribution in [2.24, 2.45) is 0 Å². The lowest BCUT2D eigenvalue weighted by Gasteiger charge is -2.33. The summed E-state index contributed by atoms with van der Waals surface area (Å²) in [6.45, 7) is 0.360. The highest BCUT2D eigenvalue weighted by Crippen LogP contribution is 2.23. The summed E-state index contributed by atoms with van der Waals surface area (Å²) in [6, 6.07) is 11.8. The molecule has 1 aromatic carbocycles. The number of carbonyl (C=O) groups is 1. The molecule has 2 N–H and O–H groups in total. The molecule has 3 rings (SSSR count). The maximum Gasteiger partial charge on any atom is 0.322 e. The van der Waals surface area contributed by atoms with Gasteiger partial charge in [-0.3, -0.25) is 0 Å². The lowest BCUT2D eigenvalue weighted by molar-refractivity contribution is 0.158. The number of urea groups is 1. The number of carbonyl (C=O) groups excluding carboxylic acids is 1. The van der Waals surface area contributed by atoms with E-state index in [2.05, 4.69) is 5.32 Å². The first kappa shape index (κ1) is 16.9. The molecule has 0 unspecified atom stereocenters. The normalized spacial score (nSPS) is 15.2. The zero-order valence-corrected chi connectivity index (χ0v) is 14.4. The van der Waals surface area contributed by atoms with E-state index in [1.165, 1.54) is 0 Å². The summed E-state index contributed by atoms with van der Waals surface area (Å²) in [5.74, 6) is 2.14. The van der Waals surface area contributed by atoms with Gasteiger partial charge in [-0.15, -0.1) is 0 Å². The van der Waals surface area contributed by atoms with Gasteiger partial charge in [0, 0.05) is 36.4 Å². The van der Waals surface area contributed by atoms with E-state index in [0.717, 1.165) is 35.7 Å². The molecule has 0 saturated carbocycles. The first-order valence-electron chi connectivity index (χ1n) is 8.27. The number of benzene rings is 1. The molecule has 2 amide bonds. The molecule has 1 fully saturated rings. The van der Waals surface area contributed by atoms with E-state index < -0.39 is 0 Å². The van der Waals surface area contributed by atoms with Crippen LogP contribution in [0.5, 0.6) is 0 Å². The minimum absolute atomic E-state index is 0.0134. The summed E-state index contributed by atoms with van der Waals surface area (Å²) in [5, 5.41) is 12.3. The highest BCUT2D eigenvalue weighted by Gasteiger charge is 2.25. The minimum atomic E-state index is -0.134. The number of thioether (sulfide) groups is 1. The fourth-order valence-electron chi connectivity index (χ4n) is 3.00. The van der Waals surface area contributed by atoms with Gasteiger partial charge in [-0.05, 0) is 54.7 Å². The quantitative estimate of drug-likeness (QED) is 0.875. The minimum Gasteiger partial charge on any atom is -0.395 e. The highest BCUT2D eigenvalue weighted by molar-refractivity contribution is 7.99. The van der Waals surface area contributed by atoms with E-state index in [1.807, 2.05) is 65.1 Å². The Kier molecular flexibility index (Phi) is 5.82. The van der Waals surface area contributed by atoms with Crippen LogP contribution >= 0.6 is 11.8 Å². The molecular formula is C18H23N3O2S. The van der Waals surface area contributed by atoms with E-state index in [-0.39, 0.29) is 18.7 Å². The average Bonchev–Trinajstić information content (AvgIpc) is 3.15. The van der Waals surface area contributed by atoms with Crippen molar-refractivity contribution in [3.05, 3.63) is 48.8 Å². The molecule has 2 aromatic rings. The fraction of sp³-hybridized carbons (Fsp3) is 0.389. The predicted molar refractivity (Wildman–Crippen MR) is 98.9 cm³/mol. The maximum absolute atomic E-state index is 12.7. The lowest BCUT2D eigenvalue weighted by Crippen LogP contribution is -2.46. The van der Waals surface area contributed by atoms with Crippen LogP contribution in [0.2, 0.25) is 0 Å². The summed E-state index contributed by atoms with van der Waals surface area (Å²) in [5.41, 5.74) is 1.76. The van der Waals surface area contributed by atoms with Crippen LogP contribution in [0.4, 0.5) is 10.5 Å². The molecule has 1 aromatic heterocycles. The van der Waals surface area contributed by atoms with Crippen LogP contribution in [-0.2, 0) is 0 Å². The van der Waals surface area contributed by atoms with Crippen LogP contribution in [0.15, 0.2) is 48.8 Å². The van der Waals surface area contributed by atoms with Gasteiger partial charge in [-0.2, -0.15) is 11.8 Å². The standard InChI is InChI=1S/C18H23N3O2S/c22-11-10-21(16-6-12-24-13-7-16)18(23)19-15-4-3-5-17(14-15)20-8-1-2-9-20/h1-5,8-9,14,16,22H,6-7,10-13H2,(H,19,23). The summed E-state index contributed by atoms with van der Waals surface area (Å²) >= 11 is 1.93. The lowest BCUT2D eigenvalue weighted by atomic mass is 10.1. The topological polar surface area (TPSA) is 57.5 Å². The molecule has 0 atom stereocenters. The Bertz CT molecular complexity index is 654. The Labute approximate surface area is 146 Å². The largest absolute Gasteiger partial charge is 0.395 e. The second-order valence-electron chi connectivity index (χ2n) is 5.83. The number of amides is 2. The van der Waals surface area contributed by atoms with Gasteiger partial charge in [-0.1, -0.05) is 6.07 Å². The molecule has 0 aliphatic carbocycles. The van der Waals surface area contributed by atoms with Crippen LogP contribution in [-0.4, -0.2) is 51.3 Å². The molecule has 1 aliphatic heterocycles. The molecule has 1 aliphatic rings. The van der Waals surface area contributed by atoms with Crippen LogP contribution in [0, 0.1) is 0 Å². The number of aliphatic hydroxyl groups is 1. The zero-order valence-electron chi connectivity index (χ0n) is 13.6. The number of aromatic nitrogens is 1. The molecule has 0 spiro atoms. The van der Waals surface area contributed by atoms with Crippen molar-refractivity contribution in [1.29, 1.82) is 0 Å². The van der Waals surface area contributed by atoms with Gasteiger partial charge >= 0.3 is 6.03 Å². The Morgan fingerprint density at radius 3 is 2.71 bits per heavy atom. The smallest absolute Gasteiger partial charge is 0.322 e. The summed E-state index contributed by atoms with van der Waals surface area (Å²) in [4.78, 5) is 14.5. The summed E-state index contributed by atoms with van der Waals surface area (Å²) in [7, 11) is 0. The van der Waals surface area contributed by atoms with Gasteiger partial charge in [0.25, 0.3) is 0 Å². The Hall–Kier alpha value is -1.92. The van der Waals surface area contributed by atoms with Crippen LogP contribution in [0.25, 0.3) is 5.69 Å². The second-order valence-corrected chi connectivity index (χ2v) is 7.06. The Balaban J connectivity index is 1.71. The van der Waals surface area contributed by atoms with Gasteiger partial charge < -0.3 is 19.9 Å². The van der Waals surface area contributed by atoms with Crippen molar-refractivity contribution in [3.63, 3.8) is 0 Å². The summed E-state index contributed by atoms with van der Waals surface area (Å²) in [6.07, 6.45) is 5.92. The molecule has 2 heterocycles. The number of hydrogen-bond acceptors (Lipinski definition) is 3. The van der Waals surface area contributed by atoms with Crippen molar-refractivity contribution >= 4 is 23.5 Å². The van der Waals surface area contributed by atoms with E-state index in [9.17, 15) is 9.90 Å². The molecule has 6 heteroatoms. The third-order valence-electron chi connectivity index (χ3n) is 4.23. The fourth-order valence-corrected chi connectivity index (χ4v) is 4.08. The zero-order chi connectivity index (χ0) is 16.8. The molecule has 0 radical (unpaired) electrons. The molecule has 5 nitrogen and oxygen atoms in total. The SMILES string of the molecule is O=C(Nc1cccc(-n2cccc2)c1)N(CCO)C1CCSCC1. The first-order chi connectivity index (χ1) is 11.8. The number of rotatable bonds is 5. The first-order valence-corrected chi connectivity index (χ1v) is 9.43. The number of anilines is 1. The van der Waals surface area contributed by atoms with Gasteiger partial charge in [0.05, 0.1) is 6.61 Å². The molecular weight excluding hydrogens is 322 g/mol. The van der Waals surface area contributed by atoms with Crippen LogP contribution in [0.3, 0.4) is 0 Å². The van der Waals surface area contributed by atoms with E-state index in [4.69, 9.17) is 0 Å². The number of hydrogen-bond donors (Lipinski definition) is 2. The second kappa shape index (κ2) is 8.26. The van der Waals surface area contributed by atoms with Crippen LogP contribution in [0.1, 0.15) is 12.8 Å². The molecule has 128 valence electrons. The van der Waals surface area contributed by atoms with Crippen molar-refractivity contribution in [1.82, 2.24) is 9.47 Å². The maximum atomic E-state index is 12.7. The number of aliphatic hydroxyl groups excluding tert-OH is 1. The Morgan fingerprint density at radius 1 is 1.25 bits per heavy atom. The van der Waals surface area contributed by atoms with Crippen LogP contribution < -0.4 is 5.32 Å². The van der Waals surface area contributed by atoms with E-state index in [0.29, 0.717) is 6.54 Å². The van der Waals surface area contributed by atoms with E-state index >= 15 is 0 Å². The molecule has 0 bridgehead atoms. The van der Waals surface area contributed by atoms with Crippen molar-refractivity contribution < 1.29 is 9.90 Å². The van der Waals surface area contributed by atoms with Gasteiger partial charge in [-0.25, -0.2) is 4.79 Å². The third-order valence-corrected chi connectivity index (χ3v) is 5.28. The third kappa shape index (κ3) is 4.13. The van der Waals surface area contributed by atoms with Gasteiger partial charge in [0.2, 0.25) is 0 Å². The number of nitrogens with zero attached hydrogens (tertiary/aromatic N) is 2. The van der Waals surface area contributed by atoms with Gasteiger partial charge in [0.1, 0.15) is 0 Å². The molecule has 24 heavy (non-hydrogen) atoms. The average molecular weight is 345 g/mol. The van der Waals surface area contributed by atoms with Crippen molar-refractivity contribution in [2.75, 3.05) is 30.0 Å². The van der Waals surface area contributed by atoms with Crippen molar-refractivity contribution in [2.45, 2.75) is 18.9 Å². The Morgan fingerprint density at radius 2 is 2.00 bits per heavy atom. The number of nitrogens with one attached hydrogen (secondary N) is 1. The highest BCUT2D eigenvalue weighted by atomic mass is 32.2. The molecule has 1 saturated heterocycles. The van der Waals surface area contributed by atoms with Crippen molar-refractivity contribution in [3.8, 4) is 5.69 Å². The van der Waals surface area contributed by atoms with E-state index in [1.54, 1.807) is 4.90 Å². The monoisotopic (exact) mass is 345 g/mol. The summed E-state index contributed by atoms with van der Waals surface area (Å²) < 4.78 is 2.00. The predicted octanol–water partition coefficient (Wildman–Crippen LogP) is 3.20. The van der Waals surface area contributed by atoms with Gasteiger partial charge in [0.15, 0.2) is 0 Å².